The molecule has 0 unspecified atom stereocenters. The van der Waals surface area contributed by atoms with Gasteiger partial charge in [-0.3, -0.25) is 0 Å². The molecule has 1 aliphatic rings. The number of unbranched alkanes of at least 4 members (excludes halogenated alkanes) is 12. The Bertz CT molecular complexity index is 361. The monoisotopic (exact) mass is 386 g/mol. The van der Waals surface area contributed by atoms with Crippen LogP contribution in [0.25, 0.3) is 0 Å². The average Bonchev–Trinajstić information content (AvgIpc) is 3.04. The van der Waals surface area contributed by atoms with Crippen molar-refractivity contribution >= 4 is 0 Å². The minimum atomic E-state index is -1.07. The van der Waals surface area contributed by atoms with Gasteiger partial charge in [0.05, 0.1) is 19.5 Å². The maximum atomic E-state index is 10.0. The lowest BCUT2D eigenvalue weighted by atomic mass is 10.0. The Balaban J connectivity index is 1.88. The Labute approximate surface area is 165 Å². The number of hydrogen-bond acceptors (Lipinski definition) is 5. The summed E-state index contributed by atoms with van der Waals surface area (Å²) in [7, 11) is 0. The summed E-state index contributed by atoms with van der Waals surface area (Å²) < 4.78 is 10.8. The molecule has 0 amide bonds. The number of rotatable bonds is 17. The van der Waals surface area contributed by atoms with Gasteiger partial charge in [-0.1, -0.05) is 77.6 Å². The molecule has 0 saturated carbocycles. The van der Waals surface area contributed by atoms with E-state index in [4.69, 9.17) is 14.6 Å². The van der Waals surface area contributed by atoms with Crippen molar-refractivity contribution < 1.29 is 24.8 Å². The number of aliphatic hydroxyl groups is 3. The van der Waals surface area contributed by atoms with Crippen molar-refractivity contribution in [2.24, 2.45) is 0 Å². The first-order valence-corrected chi connectivity index (χ1v) is 11.1. The van der Waals surface area contributed by atoms with Crippen LogP contribution in [0.15, 0.2) is 12.3 Å². The lowest BCUT2D eigenvalue weighted by Gasteiger charge is -2.20. The SMILES string of the molecule is CCCCCCCCCCCCCC/C=C/O[C@H]1CO[C@@H]([C@H](O)CO)[C@H]1O. The molecule has 0 aromatic rings. The summed E-state index contributed by atoms with van der Waals surface area (Å²) in [5.74, 6) is 0. The van der Waals surface area contributed by atoms with Gasteiger partial charge in [0.25, 0.3) is 0 Å². The van der Waals surface area contributed by atoms with Crippen LogP contribution in [0.3, 0.4) is 0 Å². The molecule has 0 bridgehead atoms. The molecule has 0 radical (unpaired) electrons. The predicted octanol–water partition coefficient (Wildman–Crippen LogP) is 4.09. The van der Waals surface area contributed by atoms with Gasteiger partial charge in [-0.2, -0.15) is 0 Å². The Morgan fingerprint density at radius 1 is 0.963 bits per heavy atom. The van der Waals surface area contributed by atoms with Gasteiger partial charge in [0.1, 0.15) is 24.4 Å². The Hall–Kier alpha value is -0.620. The van der Waals surface area contributed by atoms with Crippen LogP contribution in [0.4, 0.5) is 0 Å². The van der Waals surface area contributed by atoms with Crippen molar-refractivity contribution in [3.05, 3.63) is 12.3 Å². The maximum Gasteiger partial charge on any atom is 0.149 e. The van der Waals surface area contributed by atoms with Crippen LogP contribution in [-0.4, -0.2) is 52.9 Å². The van der Waals surface area contributed by atoms with Crippen LogP contribution in [0.2, 0.25) is 0 Å². The summed E-state index contributed by atoms with van der Waals surface area (Å²) in [4.78, 5) is 0. The lowest BCUT2D eigenvalue weighted by Crippen LogP contribution is -2.40. The smallest absolute Gasteiger partial charge is 0.149 e. The average molecular weight is 387 g/mol. The Kier molecular flexibility index (Phi) is 14.8. The third kappa shape index (κ3) is 11.1. The van der Waals surface area contributed by atoms with Crippen molar-refractivity contribution in [3.63, 3.8) is 0 Å². The fraction of sp³-hybridized carbons (Fsp3) is 0.909. The minimum absolute atomic E-state index is 0.228. The van der Waals surface area contributed by atoms with E-state index in [1.165, 1.54) is 70.6 Å². The third-order valence-electron chi connectivity index (χ3n) is 5.31. The second kappa shape index (κ2) is 16.3. The highest BCUT2D eigenvalue weighted by molar-refractivity contribution is 4.90. The Morgan fingerprint density at radius 2 is 1.52 bits per heavy atom. The molecule has 1 aliphatic heterocycles. The highest BCUT2D eigenvalue weighted by Crippen LogP contribution is 2.20. The van der Waals surface area contributed by atoms with Gasteiger partial charge < -0.3 is 24.8 Å². The molecule has 1 saturated heterocycles. The predicted molar refractivity (Wildman–Crippen MR) is 109 cm³/mol. The second-order valence-corrected chi connectivity index (χ2v) is 7.76. The largest absolute Gasteiger partial charge is 0.493 e. The summed E-state index contributed by atoms with van der Waals surface area (Å²) in [6.07, 6.45) is 17.5. The fourth-order valence-electron chi connectivity index (χ4n) is 3.50. The number of hydrogen-bond donors (Lipinski definition) is 3. The van der Waals surface area contributed by atoms with E-state index in [0.717, 1.165) is 12.8 Å². The van der Waals surface area contributed by atoms with Crippen molar-refractivity contribution in [2.45, 2.75) is 115 Å². The molecule has 160 valence electrons. The van der Waals surface area contributed by atoms with Gasteiger partial charge in [0.2, 0.25) is 0 Å². The van der Waals surface area contributed by atoms with Gasteiger partial charge in [-0.05, 0) is 18.9 Å². The topological polar surface area (TPSA) is 79.2 Å². The number of allylic oxidation sites excluding steroid dienone is 1. The zero-order chi connectivity index (χ0) is 19.7. The molecule has 1 fully saturated rings. The van der Waals surface area contributed by atoms with E-state index in [-0.39, 0.29) is 6.61 Å². The van der Waals surface area contributed by atoms with E-state index in [2.05, 4.69) is 6.92 Å². The highest BCUT2D eigenvalue weighted by atomic mass is 16.6. The second-order valence-electron chi connectivity index (χ2n) is 7.76. The van der Waals surface area contributed by atoms with Crippen LogP contribution in [0.5, 0.6) is 0 Å². The third-order valence-corrected chi connectivity index (χ3v) is 5.31. The molecule has 0 aromatic heterocycles. The summed E-state index contributed by atoms with van der Waals surface area (Å²) in [6.45, 7) is 2.06. The normalized spacial score (nSPS) is 23.9. The molecule has 27 heavy (non-hydrogen) atoms. The van der Waals surface area contributed by atoms with Crippen LogP contribution >= 0.6 is 0 Å². The Morgan fingerprint density at radius 3 is 2.07 bits per heavy atom. The van der Waals surface area contributed by atoms with E-state index in [9.17, 15) is 10.2 Å². The van der Waals surface area contributed by atoms with Gasteiger partial charge in [0, 0.05) is 0 Å². The highest BCUT2D eigenvalue weighted by Gasteiger charge is 2.40. The molecule has 3 N–H and O–H groups in total. The molecule has 0 aromatic carbocycles. The van der Waals surface area contributed by atoms with Crippen LogP contribution in [0.1, 0.15) is 90.4 Å². The van der Waals surface area contributed by atoms with Gasteiger partial charge in [-0.15, -0.1) is 0 Å². The van der Waals surface area contributed by atoms with Crippen LogP contribution in [0, 0.1) is 0 Å². The van der Waals surface area contributed by atoms with E-state index in [0.29, 0.717) is 0 Å². The quantitative estimate of drug-likeness (QED) is 0.259. The van der Waals surface area contributed by atoms with E-state index < -0.39 is 31.0 Å². The van der Waals surface area contributed by atoms with E-state index >= 15 is 0 Å². The molecule has 0 spiro atoms. The maximum absolute atomic E-state index is 10.0. The molecule has 0 aliphatic carbocycles. The van der Waals surface area contributed by atoms with Crippen LogP contribution in [-0.2, 0) is 9.47 Å². The number of ether oxygens (including phenoxy) is 2. The molecule has 1 rings (SSSR count). The zero-order valence-electron chi connectivity index (χ0n) is 17.2. The summed E-state index contributed by atoms with van der Waals surface area (Å²) >= 11 is 0. The molecule has 5 nitrogen and oxygen atoms in total. The molecule has 1 heterocycles. The molecule has 5 heteroatoms. The van der Waals surface area contributed by atoms with Crippen molar-refractivity contribution in [2.75, 3.05) is 13.2 Å². The van der Waals surface area contributed by atoms with Crippen molar-refractivity contribution in [3.8, 4) is 0 Å². The first kappa shape index (κ1) is 24.4. The molecule has 4 atom stereocenters. The first-order chi connectivity index (χ1) is 13.2. The summed E-state index contributed by atoms with van der Waals surface area (Å²) in [6, 6.07) is 0. The van der Waals surface area contributed by atoms with Crippen molar-refractivity contribution in [1.82, 2.24) is 0 Å². The van der Waals surface area contributed by atoms with Gasteiger partial charge in [-0.25, -0.2) is 0 Å². The number of aliphatic hydroxyl groups excluding tert-OH is 3. The van der Waals surface area contributed by atoms with Gasteiger partial charge in [0.15, 0.2) is 0 Å². The van der Waals surface area contributed by atoms with Gasteiger partial charge >= 0.3 is 0 Å². The molecular formula is C22H42O5. The van der Waals surface area contributed by atoms with E-state index in [1.54, 1.807) is 6.26 Å². The first-order valence-electron chi connectivity index (χ1n) is 11.1. The van der Waals surface area contributed by atoms with Crippen molar-refractivity contribution in [1.29, 1.82) is 0 Å². The minimum Gasteiger partial charge on any atom is -0.493 e. The van der Waals surface area contributed by atoms with Crippen LogP contribution < -0.4 is 0 Å². The summed E-state index contributed by atoms with van der Waals surface area (Å²) in [5, 5.41) is 28.5. The molecular weight excluding hydrogens is 344 g/mol. The van der Waals surface area contributed by atoms with E-state index in [1.807, 2.05) is 6.08 Å². The summed E-state index contributed by atoms with van der Waals surface area (Å²) in [5.41, 5.74) is 0. The standard InChI is InChI=1S/C22H42O5/c1-2-3-4-5-6-7-8-9-10-11-12-13-14-15-16-26-20-18-27-22(21(20)25)19(24)17-23/h15-16,19-25H,2-14,17-18H2,1H3/b16-15+/t19-,20+,21+,22+/m1/s1. The zero-order valence-corrected chi connectivity index (χ0v) is 17.2. The lowest BCUT2D eigenvalue weighted by molar-refractivity contribution is -0.0689. The fourth-order valence-corrected chi connectivity index (χ4v) is 3.50.